The first kappa shape index (κ1) is 13.9. The molecule has 2 aliphatic rings. The largest absolute Gasteiger partial charge is 0.482 e. The third-order valence-corrected chi connectivity index (χ3v) is 4.12. The van der Waals surface area contributed by atoms with Gasteiger partial charge in [-0.05, 0) is 31.0 Å². The summed E-state index contributed by atoms with van der Waals surface area (Å²) in [7, 11) is 0. The zero-order valence-corrected chi connectivity index (χ0v) is 11.6. The number of ether oxygens (including phenoxy) is 1. The molecule has 0 bridgehead atoms. The number of rotatable bonds is 3. The van der Waals surface area contributed by atoms with Crippen LogP contribution in [0.25, 0.3) is 0 Å². The summed E-state index contributed by atoms with van der Waals surface area (Å²) < 4.78 is 5.26. The van der Waals surface area contributed by atoms with Crippen LogP contribution in [0.4, 0.5) is 5.69 Å². The highest BCUT2D eigenvalue weighted by Gasteiger charge is 2.35. The van der Waals surface area contributed by atoms with Crippen LogP contribution >= 0.6 is 0 Å². The summed E-state index contributed by atoms with van der Waals surface area (Å²) >= 11 is 0. The van der Waals surface area contributed by atoms with Gasteiger partial charge in [0.05, 0.1) is 17.8 Å². The second kappa shape index (κ2) is 5.37. The fraction of sp³-hybridized carbons (Fsp3) is 0.467. The molecule has 0 spiro atoms. The van der Waals surface area contributed by atoms with Gasteiger partial charge in [-0.1, -0.05) is 12.8 Å². The van der Waals surface area contributed by atoms with Gasteiger partial charge in [-0.25, -0.2) is 0 Å². The van der Waals surface area contributed by atoms with Crippen LogP contribution in [0.3, 0.4) is 0 Å². The van der Waals surface area contributed by atoms with E-state index in [0.29, 0.717) is 17.0 Å². The normalized spacial score (nSPS) is 19.4. The van der Waals surface area contributed by atoms with Gasteiger partial charge >= 0.3 is 0 Å². The molecule has 1 saturated carbocycles. The lowest BCUT2D eigenvalue weighted by Gasteiger charge is -2.28. The van der Waals surface area contributed by atoms with Crippen LogP contribution in [-0.4, -0.2) is 35.7 Å². The predicted octanol–water partition coefficient (Wildman–Crippen LogP) is 1.05. The number of hydrogen-bond acceptors (Lipinski definition) is 4. The minimum absolute atomic E-state index is 0.00777. The van der Waals surface area contributed by atoms with E-state index in [1.807, 2.05) is 0 Å². The number of carbonyl (C=O) groups excluding carboxylic acids is 2. The summed E-state index contributed by atoms with van der Waals surface area (Å²) in [5.74, 6) is 0.0835. The Balaban J connectivity index is 1.79. The van der Waals surface area contributed by atoms with E-state index in [0.717, 1.165) is 25.7 Å². The van der Waals surface area contributed by atoms with Crippen molar-refractivity contribution in [3.8, 4) is 5.75 Å². The quantitative estimate of drug-likeness (QED) is 0.776. The molecule has 1 aliphatic carbocycles. The molecule has 1 heterocycles. The minimum Gasteiger partial charge on any atom is -0.482 e. The summed E-state index contributed by atoms with van der Waals surface area (Å²) in [6.45, 7) is -0.0598. The van der Waals surface area contributed by atoms with Gasteiger partial charge in [0.2, 0.25) is 0 Å². The first-order valence-corrected chi connectivity index (χ1v) is 7.12. The standard InChI is InChI=1S/C15H18N2O4/c18-9-15(5-1-2-6-15)17-14(20)10-3-4-12-11(7-10)16-13(19)8-21-12/h3-4,7,18H,1-2,5-6,8-9H2,(H,16,19)(H,17,20). The van der Waals surface area contributed by atoms with E-state index in [9.17, 15) is 14.7 Å². The number of anilines is 1. The second-order valence-corrected chi connectivity index (χ2v) is 5.65. The van der Waals surface area contributed by atoms with Crippen molar-refractivity contribution in [1.29, 1.82) is 0 Å². The Labute approximate surface area is 122 Å². The van der Waals surface area contributed by atoms with Gasteiger partial charge in [0, 0.05) is 5.56 Å². The van der Waals surface area contributed by atoms with E-state index in [2.05, 4.69) is 10.6 Å². The highest BCUT2D eigenvalue weighted by Crippen LogP contribution is 2.31. The summed E-state index contributed by atoms with van der Waals surface area (Å²) in [6.07, 6.45) is 3.60. The molecule has 0 radical (unpaired) electrons. The molecular weight excluding hydrogens is 272 g/mol. The maximum absolute atomic E-state index is 12.4. The van der Waals surface area contributed by atoms with Crippen molar-refractivity contribution in [1.82, 2.24) is 5.32 Å². The van der Waals surface area contributed by atoms with Gasteiger partial charge in [-0.3, -0.25) is 9.59 Å². The minimum atomic E-state index is -0.507. The molecule has 1 aromatic carbocycles. The monoisotopic (exact) mass is 290 g/mol. The summed E-state index contributed by atoms with van der Waals surface area (Å²) in [5, 5.41) is 15.2. The Bertz CT molecular complexity index is 579. The zero-order chi connectivity index (χ0) is 14.9. The Hall–Kier alpha value is -2.08. The van der Waals surface area contributed by atoms with Crippen LogP contribution in [0.2, 0.25) is 0 Å². The van der Waals surface area contributed by atoms with Gasteiger partial charge in [-0.15, -0.1) is 0 Å². The number of aliphatic hydroxyl groups excluding tert-OH is 1. The van der Waals surface area contributed by atoms with Crippen molar-refractivity contribution >= 4 is 17.5 Å². The van der Waals surface area contributed by atoms with E-state index in [1.165, 1.54) is 0 Å². The van der Waals surface area contributed by atoms with Crippen LogP contribution in [0.15, 0.2) is 18.2 Å². The molecule has 6 nitrogen and oxygen atoms in total. The molecule has 3 N–H and O–H groups in total. The van der Waals surface area contributed by atoms with Crippen LogP contribution in [0, 0.1) is 0 Å². The van der Waals surface area contributed by atoms with E-state index in [4.69, 9.17) is 4.74 Å². The van der Waals surface area contributed by atoms with Crippen molar-refractivity contribution in [2.75, 3.05) is 18.5 Å². The van der Waals surface area contributed by atoms with Gasteiger partial charge < -0.3 is 20.5 Å². The van der Waals surface area contributed by atoms with E-state index < -0.39 is 5.54 Å². The smallest absolute Gasteiger partial charge is 0.262 e. The molecule has 1 aliphatic heterocycles. The van der Waals surface area contributed by atoms with Crippen molar-refractivity contribution in [2.24, 2.45) is 0 Å². The first-order chi connectivity index (χ1) is 10.1. The molecule has 0 atom stereocenters. The molecule has 112 valence electrons. The predicted molar refractivity (Wildman–Crippen MR) is 76.3 cm³/mol. The van der Waals surface area contributed by atoms with Crippen LogP contribution < -0.4 is 15.4 Å². The lowest BCUT2D eigenvalue weighted by molar-refractivity contribution is -0.118. The number of amides is 2. The Morgan fingerprint density at radius 2 is 2.14 bits per heavy atom. The number of nitrogens with one attached hydrogen (secondary N) is 2. The zero-order valence-electron chi connectivity index (χ0n) is 11.6. The molecule has 21 heavy (non-hydrogen) atoms. The highest BCUT2D eigenvalue weighted by atomic mass is 16.5. The van der Waals surface area contributed by atoms with Gasteiger partial charge in [-0.2, -0.15) is 0 Å². The third kappa shape index (κ3) is 2.71. The first-order valence-electron chi connectivity index (χ1n) is 7.12. The molecule has 0 aromatic heterocycles. The topological polar surface area (TPSA) is 87.7 Å². The number of benzene rings is 1. The maximum atomic E-state index is 12.4. The second-order valence-electron chi connectivity index (χ2n) is 5.65. The molecular formula is C15H18N2O4. The summed E-state index contributed by atoms with van der Waals surface area (Å²) in [5.41, 5.74) is 0.440. The SMILES string of the molecule is O=C1COc2ccc(C(=O)NC3(CO)CCCC3)cc2N1. The number of carbonyl (C=O) groups is 2. The third-order valence-electron chi connectivity index (χ3n) is 4.12. The molecule has 3 rings (SSSR count). The van der Waals surface area contributed by atoms with Crippen LogP contribution in [0.5, 0.6) is 5.75 Å². The molecule has 1 fully saturated rings. The molecule has 2 amide bonds. The van der Waals surface area contributed by atoms with Gasteiger partial charge in [0.25, 0.3) is 11.8 Å². The average Bonchev–Trinajstić information content (AvgIpc) is 2.95. The van der Waals surface area contributed by atoms with E-state index >= 15 is 0 Å². The molecule has 6 heteroatoms. The van der Waals surface area contributed by atoms with Crippen molar-refractivity contribution in [3.63, 3.8) is 0 Å². The molecule has 1 aromatic rings. The number of fused-ring (bicyclic) bond motifs is 1. The highest BCUT2D eigenvalue weighted by molar-refractivity contribution is 6.00. The number of aliphatic hydroxyl groups is 1. The summed E-state index contributed by atoms with van der Waals surface area (Å²) in [4.78, 5) is 23.7. The van der Waals surface area contributed by atoms with E-state index in [-0.39, 0.29) is 25.0 Å². The van der Waals surface area contributed by atoms with Crippen LogP contribution in [0.1, 0.15) is 36.0 Å². The van der Waals surface area contributed by atoms with Crippen LogP contribution in [-0.2, 0) is 4.79 Å². The van der Waals surface area contributed by atoms with Crippen molar-refractivity contribution in [2.45, 2.75) is 31.2 Å². The lowest BCUT2D eigenvalue weighted by Crippen LogP contribution is -2.49. The Morgan fingerprint density at radius 1 is 1.38 bits per heavy atom. The fourth-order valence-corrected chi connectivity index (χ4v) is 2.91. The van der Waals surface area contributed by atoms with Crippen molar-refractivity contribution < 1.29 is 19.4 Å². The Kier molecular flexibility index (Phi) is 3.55. The Morgan fingerprint density at radius 3 is 2.86 bits per heavy atom. The summed E-state index contributed by atoms with van der Waals surface area (Å²) in [6, 6.07) is 4.93. The fourth-order valence-electron chi connectivity index (χ4n) is 2.91. The van der Waals surface area contributed by atoms with Crippen molar-refractivity contribution in [3.05, 3.63) is 23.8 Å². The maximum Gasteiger partial charge on any atom is 0.262 e. The van der Waals surface area contributed by atoms with Gasteiger partial charge in [0.15, 0.2) is 6.61 Å². The van der Waals surface area contributed by atoms with Gasteiger partial charge in [0.1, 0.15) is 5.75 Å². The molecule has 0 unspecified atom stereocenters. The number of hydrogen-bond donors (Lipinski definition) is 3. The average molecular weight is 290 g/mol. The lowest BCUT2D eigenvalue weighted by atomic mass is 9.98. The van der Waals surface area contributed by atoms with E-state index in [1.54, 1.807) is 18.2 Å². The molecule has 0 saturated heterocycles.